The van der Waals surface area contributed by atoms with Crippen molar-refractivity contribution < 1.29 is 5.11 Å². The average molecular weight is 147 g/mol. The fourth-order valence-corrected chi connectivity index (χ4v) is 0.632. The van der Waals surface area contributed by atoms with Gasteiger partial charge >= 0.3 is 0 Å². The standard InChI is InChI=1S/C8H5NO2/c9-5-6-1-3-7(10)8(11)4-2-6/h1-4H,(H,10,11). The third-order valence-corrected chi connectivity index (χ3v) is 1.22. The van der Waals surface area contributed by atoms with Crippen molar-refractivity contribution in [2.24, 2.45) is 0 Å². The van der Waals surface area contributed by atoms with Crippen LogP contribution in [-0.2, 0) is 0 Å². The molecule has 0 aromatic heterocycles. The maximum Gasteiger partial charge on any atom is 0.220 e. The fourth-order valence-electron chi connectivity index (χ4n) is 0.632. The van der Waals surface area contributed by atoms with Crippen LogP contribution in [0.4, 0.5) is 0 Å². The molecule has 0 atom stereocenters. The SMILES string of the molecule is N#Cc1ccc(O)c(=O)cc1. The van der Waals surface area contributed by atoms with Crippen molar-refractivity contribution in [2.45, 2.75) is 0 Å². The van der Waals surface area contributed by atoms with E-state index in [-0.39, 0.29) is 5.75 Å². The molecule has 0 radical (unpaired) electrons. The molecule has 0 amide bonds. The van der Waals surface area contributed by atoms with Gasteiger partial charge in [-0.3, -0.25) is 4.79 Å². The molecule has 0 saturated carbocycles. The van der Waals surface area contributed by atoms with Crippen LogP contribution in [0.1, 0.15) is 5.56 Å². The van der Waals surface area contributed by atoms with Crippen molar-refractivity contribution in [2.75, 3.05) is 0 Å². The van der Waals surface area contributed by atoms with Crippen LogP contribution in [0.3, 0.4) is 0 Å². The van der Waals surface area contributed by atoms with Crippen LogP contribution in [0.15, 0.2) is 29.1 Å². The van der Waals surface area contributed by atoms with Crippen molar-refractivity contribution in [3.05, 3.63) is 40.1 Å². The van der Waals surface area contributed by atoms with E-state index in [1.165, 1.54) is 18.2 Å². The molecule has 54 valence electrons. The van der Waals surface area contributed by atoms with Crippen molar-refractivity contribution in [3.63, 3.8) is 0 Å². The molecule has 0 spiro atoms. The second-order valence-corrected chi connectivity index (χ2v) is 1.98. The van der Waals surface area contributed by atoms with Gasteiger partial charge in [-0.2, -0.15) is 5.26 Å². The van der Waals surface area contributed by atoms with E-state index < -0.39 is 5.43 Å². The van der Waals surface area contributed by atoms with Gasteiger partial charge in [-0.25, -0.2) is 0 Å². The normalized spacial score (nSPS) is 8.64. The van der Waals surface area contributed by atoms with Crippen LogP contribution in [0.5, 0.6) is 5.75 Å². The molecule has 0 heterocycles. The second-order valence-electron chi connectivity index (χ2n) is 1.98. The van der Waals surface area contributed by atoms with Crippen molar-refractivity contribution >= 4 is 0 Å². The lowest BCUT2D eigenvalue weighted by atomic mass is 10.3. The smallest absolute Gasteiger partial charge is 0.220 e. The molecule has 1 aromatic rings. The van der Waals surface area contributed by atoms with Gasteiger partial charge in [-0.1, -0.05) is 0 Å². The Morgan fingerprint density at radius 2 is 1.91 bits per heavy atom. The van der Waals surface area contributed by atoms with E-state index >= 15 is 0 Å². The summed E-state index contributed by atoms with van der Waals surface area (Å²) in [5.41, 5.74) is -0.131. The van der Waals surface area contributed by atoms with Crippen LogP contribution in [-0.4, -0.2) is 5.11 Å². The third kappa shape index (κ3) is 1.55. The molecule has 3 nitrogen and oxygen atoms in total. The molecule has 0 aliphatic carbocycles. The Hall–Kier alpha value is -1.82. The molecule has 11 heavy (non-hydrogen) atoms. The van der Waals surface area contributed by atoms with Crippen LogP contribution < -0.4 is 5.43 Å². The minimum Gasteiger partial charge on any atom is -0.504 e. The average Bonchev–Trinajstić information content (AvgIpc) is 2.16. The Bertz CT molecular complexity index is 365. The summed E-state index contributed by atoms with van der Waals surface area (Å²) >= 11 is 0. The first-order valence-electron chi connectivity index (χ1n) is 2.97. The zero-order valence-corrected chi connectivity index (χ0v) is 5.61. The molecule has 0 aliphatic heterocycles. The van der Waals surface area contributed by atoms with E-state index in [1.54, 1.807) is 0 Å². The first-order chi connectivity index (χ1) is 5.24. The number of rotatable bonds is 0. The van der Waals surface area contributed by atoms with Gasteiger partial charge in [-0.15, -0.1) is 0 Å². The lowest BCUT2D eigenvalue weighted by molar-refractivity contribution is 0.471. The van der Waals surface area contributed by atoms with E-state index in [1.807, 2.05) is 6.07 Å². The quantitative estimate of drug-likeness (QED) is 0.585. The lowest BCUT2D eigenvalue weighted by Gasteiger charge is -1.75. The van der Waals surface area contributed by atoms with Crippen molar-refractivity contribution in [1.29, 1.82) is 5.26 Å². The summed E-state index contributed by atoms with van der Waals surface area (Å²) in [5, 5.41) is 17.3. The number of aromatic hydroxyl groups is 1. The molecule has 0 unspecified atom stereocenters. The molecule has 1 aromatic carbocycles. The molecule has 0 saturated heterocycles. The van der Waals surface area contributed by atoms with Crippen LogP contribution in [0.25, 0.3) is 0 Å². The van der Waals surface area contributed by atoms with Gasteiger partial charge in [0.05, 0.1) is 11.6 Å². The summed E-state index contributed by atoms with van der Waals surface area (Å²) in [6.45, 7) is 0. The third-order valence-electron chi connectivity index (χ3n) is 1.22. The predicted octanol–water partition coefficient (Wildman–Crippen LogP) is 0.624. The fraction of sp³-hybridized carbons (Fsp3) is 0. The van der Waals surface area contributed by atoms with Gasteiger partial charge in [0, 0.05) is 0 Å². The summed E-state index contributed by atoms with van der Waals surface area (Å²) in [6, 6.07) is 6.97. The second kappa shape index (κ2) is 2.84. The zero-order chi connectivity index (χ0) is 8.27. The van der Waals surface area contributed by atoms with Crippen LogP contribution in [0, 0.1) is 11.3 Å². The van der Waals surface area contributed by atoms with Crippen molar-refractivity contribution in [3.8, 4) is 11.8 Å². The van der Waals surface area contributed by atoms with E-state index in [9.17, 15) is 4.79 Å². The predicted molar refractivity (Wildman–Crippen MR) is 39.1 cm³/mol. The van der Waals surface area contributed by atoms with Gasteiger partial charge in [0.15, 0.2) is 5.75 Å². The first-order valence-corrected chi connectivity index (χ1v) is 2.97. The van der Waals surface area contributed by atoms with Gasteiger partial charge in [0.1, 0.15) is 0 Å². The Kier molecular flexibility index (Phi) is 1.88. The molecule has 1 rings (SSSR count). The highest BCUT2D eigenvalue weighted by Gasteiger charge is 1.91. The Morgan fingerprint density at radius 3 is 2.55 bits per heavy atom. The highest BCUT2D eigenvalue weighted by atomic mass is 16.3. The van der Waals surface area contributed by atoms with Crippen LogP contribution in [0.2, 0.25) is 0 Å². The molecule has 0 fully saturated rings. The van der Waals surface area contributed by atoms with Crippen molar-refractivity contribution in [1.82, 2.24) is 0 Å². The molecular weight excluding hydrogens is 142 g/mol. The summed E-state index contributed by atoms with van der Waals surface area (Å²) in [6.07, 6.45) is 0. The summed E-state index contributed by atoms with van der Waals surface area (Å²) in [7, 11) is 0. The highest BCUT2D eigenvalue weighted by molar-refractivity contribution is 5.31. The molecule has 0 aliphatic rings. The molecule has 1 N–H and O–H groups in total. The van der Waals surface area contributed by atoms with Crippen LogP contribution >= 0.6 is 0 Å². The number of hydrogen-bond acceptors (Lipinski definition) is 3. The van der Waals surface area contributed by atoms with Gasteiger partial charge in [0.25, 0.3) is 0 Å². The number of hydrogen-bond donors (Lipinski definition) is 1. The van der Waals surface area contributed by atoms with Gasteiger partial charge < -0.3 is 5.11 Å². The van der Waals surface area contributed by atoms with Gasteiger partial charge in [-0.05, 0) is 24.3 Å². The monoisotopic (exact) mass is 147 g/mol. The highest BCUT2D eigenvalue weighted by Crippen LogP contribution is 1.99. The summed E-state index contributed by atoms with van der Waals surface area (Å²) in [5.74, 6) is -0.341. The Morgan fingerprint density at radius 1 is 1.27 bits per heavy atom. The van der Waals surface area contributed by atoms with Gasteiger partial charge in [0.2, 0.25) is 5.43 Å². The zero-order valence-electron chi connectivity index (χ0n) is 5.61. The summed E-state index contributed by atoms with van der Waals surface area (Å²) < 4.78 is 0. The maximum absolute atomic E-state index is 10.7. The number of nitriles is 1. The lowest BCUT2D eigenvalue weighted by Crippen LogP contribution is -1.91. The minimum atomic E-state index is -0.480. The molecular formula is C8H5NO2. The Balaban J connectivity index is 3.43. The number of nitrogens with zero attached hydrogens (tertiary/aromatic N) is 1. The first kappa shape index (κ1) is 7.29. The molecule has 3 heteroatoms. The maximum atomic E-state index is 10.7. The summed E-state index contributed by atoms with van der Waals surface area (Å²) in [4.78, 5) is 10.7. The van der Waals surface area contributed by atoms with E-state index in [2.05, 4.69) is 0 Å². The van der Waals surface area contributed by atoms with E-state index in [0.29, 0.717) is 5.56 Å². The van der Waals surface area contributed by atoms with E-state index in [0.717, 1.165) is 6.07 Å². The minimum absolute atomic E-state index is 0.341. The largest absolute Gasteiger partial charge is 0.504 e. The Labute approximate surface area is 63.2 Å². The van der Waals surface area contributed by atoms with E-state index in [4.69, 9.17) is 10.4 Å². The topological polar surface area (TPSA) is 61.1 Å². The molecule has 0 bridgehead atoms.